The minimum Gasteiger partial charge on any atom is -0.465 e. The molecule has 1 amide bonds. The number of piperazine rings is 1. The molecule has 202 valence electrons. The first-order valence-corrected chi connectivity index (χ1v) is 13.1. The lowest BCUT2D eigenvalue weighted by atomic mass is 10.1. The third-order valence-corrected chi connectivity index (χ3v) is 7.77. The number of amides is 1. The van der Waals surface area contributed by atoms with Crippen LogP contribution in [-0.4, -0.2) is 103 Å². The Kier molecular flexibility index (Phi) is 6.62. The molecule has 1 aromatic carbocycles. The van der Waals surface area contributed by atoms with E-state index in [9.17, 15) is 15.2 Å². The van der Waals surface area contributed by atoms with Gasteiger partial charge in [0.25, 0.3) is 0 Å². The molecule has 6 rings (SSSR count). The van der Waals surface area contributed by atoms with Gasteiger partial charge in [-0.15, -0.1) is 5.10 Å². The Morgan fingerprint density at radius 2 is 2.15 bits per heavy atom. The molecule has 0 radical (unpaired) electrons. The Hall–Kier alpha value is -4.44. The molecule has 0 spiro atoms. The highest BCUT2D eigenvalue weighted by molar-refractivity contribution is 5.82. The number of nitrogens with zero attached hydrogens (tertiary/aromatic N) is 9. The maximum atomic E-state index is 11.8. The average Bonchev–Trinajstić information content (AvgIpc) is 3.68. The van der Waals surface area contributed by atoms with Crippen molar-refractivity contribution >= 4 is 28.5 Å². The van der Waals surface area contributed by atoms with E-state index in [0.29, 0.717) is 43.6 Å². The largest absolute Gasteiger partial charge is 0.465 e. The summed E-state index contributed by atoms with van der Waals surface area (Å²) in [7, 11) is 2.10. The number of carboxylic acid groups (broad SMARTS) is 1. The zero-order valence-corrected chi connectivity index (χ0v) is 21.7. The molecule has 0 bridgehead atoms. The highest BCUT2D eigenvalue weighted by atomic mass is 16.5. The van der Waals surface area contributed by atoms with Crippen molar-refractivity contribution in [3.63, 3.8) is 0 Å². The van der Waals surface area contributed by atoms with E-state index in [4.69, 9.17) is 14.8 Å². The molecule has 2 N–H and O–H groups in total. The number of hydrogen-bond donors (Lipinski definition) is 2. The van der Waals surface area contributed by atoms with Crippen molar-refractivity contribution in [3.05, 3.63) is 41.9 Å². The number of aromatic amines is 1. The van der Waals surface area contributed by atoms with E-state index in [1.165, 1.54) is 4.90 Å². The van der Waals surface area contributed by atoms with Crippen LogP contribution in [0.3, 0.4) is 0 Å². The van der Waals surface area contributed by atoms with Crippen LogP contribution in [0, 0.1) is 11.3 Å². The predicted octanol–water partition coefficient (Wildman–Crippen LogP) is 2.15. The molecule has 2 aliphatic heterocycles. The molecule has 2 atom stereocenters. The van der Waals surface area contributed by atoms with E-state index in [0.717, 1.165) is 41.5 Å². The first-order chi connectivity index (χ1) is 19.0. The maximum absolute atomic E-state index is 11.8. The van der Waals surface area contributed by atoms with Crippen molar-refractivity contribution in [2.75, 3.05) is 44.7 Å². The van der Waals surface area contributed by atoms with Crippen LogP contribution < -0.4 is 9.64 Å². The van der Waals surface area contributed by atoms with Crippen LogP contribution in [0.2, 0.25) is 0 Å². The molecule has 4 aromatic rings. The fourth-order valence-electron chi connectivity index (χ4n) is 5.61. The van der Waals surface area contributed by atoms with Crippen LogP contribution in [0.25, 0.3) is 16.6 Å². The Balaban J connectivity index is 1.37. The molecule has 3 aromatic heterocycles. The van der Waals surface area contributed by atoms with Crippen LogP contribution in [0.15, 0.2) is 30.6 Å². The number of aromatic nitrogens is 6. The van der Waals surface area contributed by atoms with Crippen LogP contribution in [0.4, 0.5) is 10.6 Å². The third kappa shape index (κ3) is 4.79. The van der Waals surface area contributed by atoms with E-state index >= 15 is 0 Å². The van der Waals surface area contributed by atoms with Gasteiger partial charge in [-0.05, 0) is 38.1 Å². The van der Waals surface area contributed by atoms with Gasteiger partial charge in [-0.25, -0.2) is 14.3 Å². The second-order valence-electron chi connectivity index (χ2n) is 10.2. The number of likely N-dealkylation sites (tertiary alicyclic amines) is 1. The van der Waals surface area contributed by atoms with Gasteiger partial charge in [-0.2, -0.15) is 15.3 Å². The Morgan fingerprint density at radius 3 is 2.95 bits per heavy atom. The van der Waals surface area contributed by atoms with Crippen molar-refractivity contribution in [1.29, 1.82) is 5.26 Å². The van der Waals surface area contributed by atoms with Gasteiger partial charge < -0.3 is 24.5 Å². The number of likely N-dealkylation sites (N-methyl/N-ethyl adjacent to an activating group) is 1. The summed E-state index contributed by atoms with van der Waals surface area (Å²) >= 11 is 0. The number of H-pyrrole nitrogens is 1. The fraction of sp³-hybridized carbons (Fsp3) is 0.462. The van der Waals surface area contributed by atoms with Crippen LogP contribution >= 0.6 is 0 Å². The Morgan fingerprint density at radius 1 is 1.26 bits per heavy atom. The summed E-state index contributed by atoms with van der Waals surface area (Å²) in [5.74, 6) is 0.570. The molecule has 0 aliphatic carbocycles. The van der Waals surface area contributed by atoms with Gasteiger partial charge in [-0.3, -0.25) is 5.10 Å². The lowest BCUT2D eigenvalue weighted by molar-refractivity contribution is 0.119. The Labute approximate surface area is 224 Å². The number of benzene rings is 1. The summed E-state index contributed by atoms with van der Waals surface area (Å²) in [4.78, 5) is 26.8. The summed E-state index contributed by atoms with van der Waals surface area (Å²) in [6.45, 7) is 2.52. The van der Waals surface area contributed by atoms with Gasteiger partial charge in [0, 0.05) is 37.5 Å². The first-order valence-electron chi connectivity index (χ1n) is 13.1. The van der Waals surface area contributed by atoms with Gasteiger partial charge >= 0.3 is 12.1 Å². The summed E-state index contributed by atoms with van der Waals surface area (Å²) in [6, 6.07) is 8.23. The van der Waals surface area contributed by atoms with Crippen molar-refractivity contribution in [3.8, 4) is 12.1 Å². The molecule has 2 aliphatic rings. The average molecular weight is 531 g/mol. The molecule has 39 heavy (non-hydrogen) atoms. The van der Waals surface area contributed by atoms with Gasteiger partial charge in [-0.1, -0.05) is 12.1 Å². The number of carbonyl (C=O) groups is 1. The fourth-order valence-corrected chi connectivity index (χ4v) is 5.61. The molecule has 13 heteroatoms. The van der Waals surface area contributed by atoms with Gasteiger partial charge in [0.15, 0.2) is 11.5 Å². The smallest absolute Gasteiger partial charge is 0.407 e. The zero-order valence-electron chi connectivity index (χ0n) is 21.7. The summed E-state index contributed by atoms with van der Waals surface area (Å²) in [5.41, 5.74) is 3.47. The van der Waals surface area contributed by atoms with E-state index < -0.39 is 12.1 Å². The summed E-state index contributed by atoms with van der Waals surface area (Å²) in [5, 5.41) is 31.9. The number of fused-ring (bicyclic) bond motifs is 2. The van der Waals surface area contributed by atoms with E-state index in [-0.39, 0.29) is 19.0 Å². The minimum atomic E-state index is -1.02. The molecule has 13 nitrogen and oxygen atoms in total. The van der Waals surface area contributed by atoms with Crippen molar-refractivity contribution in [1.82, 2.24) is 39.6 Å². The van der Waals surface area contributed by atoms with E-state index in [1.54, 1.807) is 10.7 Å². The molecule has 2 saturated heterocycles. The number of rotatable bonds is 7. The first kappa shape index (κ1) is 24.9. The van der Waals surface area contributed by atoms with Gasteiger partial charge in [0.05, 0.1) is 42.1 Å². The lowest BCUT2D eigenvalue weighted by Crippen LogP contribution is -2.55. The third-order valence-electron chi connectivity index (χ3n) is 7.77. The summed E-state index contributed by atoms with van der Waals surface area (Å²) < 4.78 is 7.93. The van der Waals surface area contributed by atoms with Crippen molar-refractivity contribution in [2.24, 2.45) is 0 Å². The molecule has 0 unspecified atom stereocenters. The SMILES string of the molecule is CN1CCC[C@H]1COc1nc(N2CCN(C(=O)O)[C@@H](CC#N)C2)c2ncc(Cc3cccc4[nH]ncc34)n2n1. The number of imidazole rings is 1. The van der Waals surface area contributed by atoms with E-state index in [2.05, 4.69) is 39.3 Å². The van der Waals surface area contributed by atoms with Crippen LogP contribution in [-0.2, 0) is 6.42 Å². The normalized spacial score (nSPS) is 20.1. The molecule has 5 heterocycles. The standard InChI is InChI=1S/C26H30N10O3/c1-33-9-3-5-19(33)16-39-25-30-24(34-10-11-35(26(37)38)18(15-34)7-8-27)23-28-13-20(36(23)32-25)12-17-4-2-6-22-21(17)14-29-31-22/h2,4,6,13-14,18-19H,3,5,7,9-12,15-16H2,1H3,(H,29,31)(H,37,38)/t18-,19-/m0/s1. The Bertz CT molecular complexity index is 1540. The highest BCUT2D eigenvalue weighted by Crippen LogP contribution is 2.27. The maximum Gasteiger partial charge on any atom is 0.407 e. The molecular weight excluding hydrogens is 500 g/mol. The number of ether oxygens (including phenoxy) is 1. The highest BCUT2D eigenvalue weighted by Gasteiger charge is 2.33. The number of hydrogen-bond acceptors (Lipinski definition) is 9. The molecular formula is C26H30N10O3. The monoisotopic (exact) mass is 530 g/mol. The zero-order chi connectivity index (χ0) is 26.9. The molecule has 0 saturated carbocycles. The van der Waals surface area contributed by atoms with Crippen LogP contribution in [0.5, 0.6) is 6.01 Å². The lowest BCUT2D eigenvalue weighted by Gasteiger charge is -2.39. The quantitative estimate of drug-likeness (QED) is 0.363. The molecule has 2 fully saturated rings. The predicted molar refractivity (Wildman–Crippen MR) is 142 cm³/mol. The van der Waals surface area contributed by atoms with E-state index in [1.807, 2.05) is 23.2 Å². The number of nitrogens with one attached hydrogen (secondary N) is 1. The second kappa shape index (κ2) is 10.4. The topological polar surface area (TPSA) is 152 Å². The van der Waals surface area contributed by atoms with Gasteiger partial charge in [0.2, 0.25) is 0 Å². The van der Waals surface area contributed by atoms with Crippen molar-refractivity contribution < 1.29 is 14.6 Å². The van der Waals surface area contributed by atoms with Gasteiger partial charge in [0.1, 0.15) is 6.61 Å². The number of nitriles is 1. The van der Waals surface area contributed by atoms with Crippen LogP contribution in [0.1, 0.15) is 30.5 Å². The second-order valence-corrected chi connectivity index (χ2v) is 10.2. The number of anilines is 1. The summed E-state index contributed by atoms with van der Waals surface area (Å²) in [6.07, 6.45) is 5.45. The van der Waals surface area contributed by atoms with Crippen molar-refractivity contribution in [2.45, 2.75) is 37.8 Å². The minimum absolute atomic E-state index is 0.0932.